The number of amides is 1. The Bertz CT molecular complexity index is 632. The van der Waals surface area contributed by atoms with Crippen LogP contribution in [-0.4, -0.2) is 46.5 Å². The van der Waals surface area contributed by atoms with Gasteiger partial charge >= 0.3 is 6.09 Å². The number of hydrogen-bond acceptors (Lipinski definition) is 4. The van der Waals surface area contributed by atoms with Crippen molar-refractivity contribution in [3.05, 3.63) is 42.6 Å². The van der Waals surface area contributed by atoms with E-state index in [0.29, 0.717) is 13.1 Å². The van der Waals surface area contributed by atoms with Crippen LogP contribution >= 0.6 is 0 Å². The number of ether oxygens (including phenoxy) is 1. The highest BCUT2D eigenvalue weighted by atomic mass is 16.6. The predicted molar refractivity (Wildman–Crippen MR) is 90.9 cm³/mol. The average molecular weight is 316 g/mol. The van der Waals surface area contributed by atoms with Gasteiger partial charge < -0.3 is 15.0 Å². The van der Waals surface area contributed by atoms with Gasteiger partial charge in [-0.05, 0) is 32.9 Å². The molecule has 2 aromatic rings. The smallest absolute Gasteiger partial charge is 0.410 e. The van der Waals surface area contributed by atoms with Gasteiger partial charge in [0.15, 0.2) is 0 Å². The third kappa shape index (κ3) is 5.32. The number of anilines is 1. The molecule has 23 heavy (non-hydrogen) atoms. The second kappa shape index (κ2) is 7.17. The summed E-state index contributed by atoms with van der Waals surface area (Å²) in [5.74, 6) is 0.770. The van der Waals surface area contributed by atoms with Crippen LogP contribution in [0.25, 0.3) is 5.69 Å². The molecule has 6 nitrogen and oxygen atoms in total. The number of carbonyl (C=O) groups is 1. The summed E-state index contributed by atoms with van der Waals surface area (Å²) in [4.78, 5) is 13.4. The van der Waals surface area contributed by atoms with Crippen molar-refractivity contribution in [2.45, 2.75) is 26.4 Å². The molecule has 1 aromatic carbocycles. The summed E-state index contributed by atoms with van der Waals surface area (Å²) >= 11 is 0. The number of para-hydroxylation sites is 1. The van der Waals surface area contributed by atoms with Gasteiger partial charge in [-0.1, -0.05) is 18.2 Å². The van der Waals surface area contributed by atoms with E-state index in [1.54, 1.807) is 16.6 Å². The molecule has 1 N–H and O–H groups in total. The molecule has 1 heterocycles. The molecular formula is C17H24N4O2. The van der Waals surface area contributed by atoms with Gasteiger partial charge in [-0.2, -0.15) is 5.10 Å². The second-order valence-corrected chi connectivity index (χ2v) is 6.31. The highest BCUT2D eigenvalue weighted by Crippen LogP contribution is 2.10. The monoisotopic (exact) mass is 316 g/mol. The summed E-state index contributed by atoms with van der Waals surface area (Å²) in [6, 6.07) is 11.8. The Morgan fingerprint density at radius 2 is 1.96 bits per heavy atom. The third-order valence-electron chi connectivity index (χ3n) is 3.07. The summed E-state index contributed by atoms with van der Waals surface area (Å²) in [5.41, 5.74) is 0.527. The quantitative estimate of drug-likeness (QED) is 0.920. The molecule has 6 heteroatoms. The van der Waals surface area contributed by atoms with E-state index in [4.69, 9.17) is 4.74 Å². The van der Waals surface area contributed by atoms with E-state index >= 15 is 0 Å². The SMILES string of the molecule is CN(CCNc1ccn(-c2ccccc2)n1)C(=O)OC(C)(C)C. The van der Waals surface area contributed by atoms with Crippen LogP contribution in [0.2, 0.25) is 0 Å². The summed E-state index contributed by atoms with van der Waals surface area (Å²) < 4.78 is 7.11. The Balaban J connectivity index is 1.81. The van der Waals surface area contributed by atoms with E-state index in [0.717, 1.165) is 11.5 Å². The predicted octanol–water partition coefficient (Wildman–Crippen LogP) is 3.15. The topological polar surface area (TPSA) is 59.4 Å². The number of nitrogens with one attached hydrogen (secondary N) is 1. The standard InChI is InChI=1S/C17H24N4O2/c1-17(2,3)23-16(22)20(4)13-11-18-15-10-12-21(19-15)14-8-6-5-7-9-14/h5-10,12H,11,13H2,1-4H3,(H,18,19). The number of benzene rings is 1. The summed E-state index contributed by atoms with van der Waals surface area (Å²) in [6.07, 6.45) is 1.57. The van der Waals surface area contributed by atoms with Crippen molar-refractivity contribution in [3.8, 4) is 5.69 Å². The first-order valence-electron chi connectivity index (χ1n) is 7.64. The van der Waals surface area contributed by atoms with Crippen LogP contribution in [0.3, 0.4) is 0 Å². The first-order chi connectivity index (χ1) is 10.8. The zero-order chi connectivity index (χ0) is 16.9. The lowest BCUT2D eigenvalue weighted by molar-refractivity contribution is 0.0305. The maximum atomic E-state index is 11.8. The number of nitrogens with zero attached hydrogens (tertiary/aromatic N) is 3. The number of carbonyl (C=O) groups excluding carboxylic acids is 1. The minimum atomic E-state index is -0.479. The lowest BCUT2D eigenvalue weighted by atomic mass is 10.2. The molecule has 0 fully saturated rings. The normalized spacial score (nSPS) is 11.1. The van der Waals surface area contributed by atoms with Crippen LogP contribution in [0.4, 0.5) is 10.6 Å². The maximum absolute atomic E-state index is 11.8. The van der Waals surface area contributed by atoms with Crippen molar-refractivity contribution in [2.24, 2.45) is 0 Å². The highest BCUT2D eigenvalue weighted by Gasteiger charge is 2.19. The molecule has 0 unspecified atom stereocenters. The number of aromatic nitrogens is 2. The van der Waals surface area contributed by atoms with Crippen molar-refractivity contribution in [3.63, 3.8) is 0 Å². The van der Waals surface area contributed by atoms with Gasteiger partial charge in [0.1, 0.15) is 11.4 Å². The average Bonchev–Trinajstić information content (AvgIpc) is 2.95. The molecule has 0 aliphatic carbocycles. The van der Waals surface area contributed by atoms with Crippen LogP contribution < -0.4 is 5.32 Å². The lowest BCUT2D eigenvalue weighted by Crippen LogP contribution is -2.36. The number of rotatable bonds is 5. The molecule has 0 spiro atoms. The van der Waals surface area contributed by atoms with Crippen LogP contribution in [0.1, 0.15) is 20.8 Å². The first kappa shape index (κ1) is 16.9. The largest absolute Gasteiger partial charge is 0.444 e. The molecule has 1 aromatic heterocycles. The van der Waals surface area contributed by atoms with E-state index in [1.807, 2.05) is 63.4 Å². The van der Waals surface area contributed by atoms with Gasteiger partial charge in [0.05, 0.1) is 5.69 Å². The molecule has 0 aliphatic rings. The van der Waals surface area contributed by atoms with Crippen molar-refractivity contribution in [1.82, 2.24) is 14.7 Å². The molecule has 0 atom stereocenters. The highest BCUT2D eigenvalue weighted by molar-refractivity contribution is 5.67. The zero-order valence-electron chi connectivity index (χ0n) is 14.1. The molecule has 0 aliphatic heterocycles. The molecule has 0 bridgehead atoms. The summed E-state index contributed by atoms with van der Waals surface area (Å²) in [5, 5.41) is 7.65. The van der Waals surface area contributed by atoms with Crippen molar-refractivity contribution in [2.75, 3.05) is 25.5 Å². The van der Waals surface area contributed by atoms with Gasteiger partial charge in [-0.25, -0.2) is 9.48 Å². The fourth-order valence-corrected chi connectivity index (χ4v) is 1.93. The fourth-order valence-electron chi connectivity index (χ4n) is 1.93. The Hall–Kier alpha value is -2.50. The van der Waals surface area contributed by atoms with E-state index in [1.165, 1.54) is 0 Å². The van der Waals surface area contributed by atoms with Gasteiger partial charge in [-0.15, -0.1) is 0 Å². The molecular weight excluding hydrogens is 292 g/mol. The van der Waals surface area contributed by atoms with Crippen LogP contribution in [-0.2, 0) is 4.74 Å². The minimum absolute atomic E-state index is 0.325. The van der Waals surface area contributed by atoms with Crippen LogP contribution in [0.5, 0.6) is 0 Å². The number of likely N-dealkylation sites (N-methyl/N-ethyl adjacent to an activating group) is 1. The molecule has 2 rings (SSSR count). The maximum Gasteiger partial charge on any atom is 0.410 e. The first-order valence-corrected chi connectivity index (χ1v) is 7.64. The van der Waals surface area contributed by atoms with E-state index in [9.17, 15) is 4.79 Å². The van der Waals surface area contributed by atoms with E-state index in [-0.39, 0.29) is 6.09 Å². The molecule has 124 valence electrons. The Morgan fingerprint density at radius 1 is 1.26 bits per heavy atom. The van der Waals surface area contributed by atoms with Crippen molar-refractivity contribution >= 4 is 11.9 Å². The Labute approximate surface area is 137 Å². The molecule has 0 saturated carbocycles. The third-order valence-corrected chi connectivity index (χ3v) is 3.07. The van der Waals surface area contributed by atoms with Crippen molar-refractivity contribution < 1.29 is 9.53 Å². The molecule has 1 amide bonds. The van der Waals surface area contributed by atoms with Crippen LogP contribution in [0.15, 0.2) is 42.6 Å². The number of hydrogen-bond donors (Lipinski definition) is 1. The minimum Gasteiger partial charge on any atom is -0.444 e. The summed E-state index contributed by atoms with van der Waals surface area (Å²) in [6.45, 7) is 6.70. The van der Waals surface area contributed by atoms with Gasteiger partial charge in [0, 0.05) is 32.4 Å². The lowest BCUT2D eigenvalue weighted by Gasteiger charge is -2.24. The van der Waals surface area contributed by atoms with E-state index < -0.39 is 5.60 Å². The van der Waals surface area contributed by atoms with Crippen molar-refractivity contribution in [1.29, 1.82) is 0 Å². The molecule has 0 saturated heterocycles. The van der Waals surface area contributed by atoms with Gasteiger partial charge in [0.2, 0.25) is 0 Å². The van der Waals surface area contributed by atoms with Gasteiger partial charge in [-0.3, -0.25) is 0 Å². The Kier molecular flexibility index (Phi) is 5.26. The zero-order valence-corrected chi connectivity index (χ0v) is 14.1. The van der Waals surface area contributed by atoms with Gasteiger partial charge in [0.25, 0.3) is 0 Å². The fraction of sp³-hybridized carbons (Fsp3) is 0.412. The molecule has 0 radical (unpaired) electrons. The Morgan fingerprint density at radius 3 is 2.61 bits per heavy atom. The summed E-state index contributed by atoms with van der Waals surface area (Å²) in [7, 11) is 1.72. The second-order valence-electron chi connectivity index (χ2n) is 6.31. The van der Waals surface area contributed by atoms with Crippen LogP contribution in [0, 0.1) is 0 Å². The van der Waals surface area contributed by atoms with E-state index in [2.05, 4.69) is 10.4 Å².